The molecule has 0 atom stereocenters. The molecule has 1 aliphatic carbocycles. The van der Waals surface area contributed by atoms with Crippen molar-refractivity contribution in [3.63, 3.8) is 0 Å². The van der Waals surface area contributed by atoms with E-state index < -0.39 is 0 Å². The van der Waals surface area contributed by atoms with Gasteiger partial charge in [-0.25, -0.2) is 0 Å². The molecule has 0 bridgehead atoms. The first-order valence-electron chi connectivity index (χ1n) is 7.68. The maximum Gasteiger partial charge on any atom is 0.0367 e. The Morgan fingerprint density at radius 2 is 1.58 bits per heavy atom. The summed E-state index contributed by atoms with van der Waals surface area (Å²) in [6, 6.07) is 9.99. The largest absolute Gasteiger partial charge is 0.382 e. The van der Waals surface area contributed by atoms with Crippen LogP contribution in [-0.2, 0) is 0 Å². The van der Waals surface area contributed by atoms with Gasteiger partial charge in [0.15, 0.2) is 0 Å². The Morgan fingerprint density at radius 3 is 2.21 bits per heavy atom. The molecular formula is C16H25N3. The van der Waals surface area contributed by atoms with Crippen molar-refractivity contribution in [2.24, 2.45) is 5.73 Å². The van der Waals surface area contributed by atoms with E-state index in [2.05, 4.69) is 34.5 Å². The van der Waals surface area contributed by atoms with Gasteiger partial charge in [-0.15, -0.1) is 0 Å². The van der Waals surface area contributed by atoms with Crippen molar-refractivity contribution in [2.75, 3.05) is 23.3 Å². The van der Waals surface area contributed by atoms with Crippen LogP contribution in [0.2, 0.25) is 0 Å². The predicted octanol–water partition coefficient (Wildman–Crippen LogP) is 2.97. The van der Waals surface area contributed by atoms with Crippen LogP contribution in [0, 0.1) is 0 Å². The average Bonchev–Trinajstić information content (AvgIpc) is 2.96. The third-order valence-corrected chi connectivity index (χ3v) is 4.48. The summed E-state index contributed by atoms with van der Waals surface area (Å²) in [5, 5.41) is 3.65. The van der Waals surface area contributed by atoms with E-state index in [1.54, 1.807) is 0 Å². The smallest absolute Gasteiger partial charge is 0.0367 e. The van der Waals surface area contributed by atoms with E-state index in [0.717, 1.165) is 12.8 Å². The SMILES string of the molecule is NC1CCC(Nc2ccc(N3CCCC3)cc2)CC1. The summed E-state index contributed by atoms with van der Waals surface area (Å²) in [5.41, 5.74) is 8.57. The summed E-state index contributed by atoms with van der Waals surface area (Å²) < 4.78 is 0. The molecule has 1 aromatic carbocycles. The first-order valence-corrected chi connectivity index (χ1v) is 7.68. The minimum atomic E-state index is 0.426. The highest BCUT2D eigenvalue weighted by Gasteiger charge is 2.18. The number of hydrogen-bond donors (Lipinski definition) is 2. The van der Waals surface area contributed by atoms with E-state index in [-0.39, 0.29) is 0 Å². The Bertz CT molecular complexity index is 387. The van der Waals surface area contributed by atoms with Crippen LogP contribution < -0.4 is 16.0 Å². The Kier molecular flexibility index (Phi) is 3.92. The van der Waals surface area contributed by atoms with Gasteiger partial charge in [0.25, 0.3) is 0 Å². The van der Waals surface area contributed by atoms with E-state index in [9.17, 15) is 0 Å². The summed E-state index contributed by atoms with van der Waals surface area (Å²) in [7, 11) is 0. The summed E-state index contributed by atoms with van der Waals surface area (Å²) in [6.45, 7) is 2.43. The van der Waals surface area contributed by atoms with Crippen molar-refractivity contribution in [3.05, 3.63) is 24.3 Å². The van der Waals surface area contributed by atoms with Crippen LogP contribution in [0.1, 0.15) is 38.5 Å². The lowest BCUT2D eigenvalue weighted by atomic mass is 9.91. The Labute approximate surface area is 116 Å². The molecule has 1 aromatic rings. The molecule has 3 nitrogen and oxygen atoms in total. The number of rotatable bonds is 3. The van der Waals surface area contributed by atoms with Gasteiger partial charge in [0.1, 0.15) is 0 Å². The molecule has 19 heavy (non-hydrogen) atoms. The zero-order valence-electron chi connectivity index (χ0n) is 11.6. The average molecular weight is 259 g/mol. The fourth-order valence-electron chi connectivity index (χ4n) is 3.24. The van der Waals surface area contributed by atoms with E-state index in [1.807, 2.05) is 0 Å². The van der Waals surface area contributed by atoms with E-state index in [0.29, 0.717) is 12.1 Å². The van der Waals surface area contributed by atoms with Gasteiger partial charge in [-0.2, -0.15) is 0 Å². The van der Waals surface area contributed by atoms with E-state index >= 15 is 0 Å². The third-order valence-electron chi connectivity index (χ3n) is 4.48. The topological polar surface area (TPSA) is 41.3 Å². The summed E-state index contributed by atoms with van der Waals surface area (Å²) >= 11 is 0. The molecule has 0 radical (unpaired) electrons. The molecule has 1 saturated carbocycles. The van der Waals surface area contributed by atoms with Crippen molar-refractivity contribution in [1.82, 2.24) is 0 Å². The highest BCUT2D eigenvalue weighted by molar-refractivity contribution is 5.55. The van der Waals surface area contributed by atoms with Gasteiger partial charge in [0.05, 0.1) is 0 Å². The van der Waals surface area contributed by atoms with Crippen molar-refractivity contribution in [1.29, 1.82) is 0 Å². The quantitative estimate of drug-likeness (QED) is 0.877. The number of benzene rings is 1. The summed E-state index contributed by atoms with van der Waals surface area (Å²) in [4.78, 5) is 2.48. The fraction of sp³-hybridized carbons (Fsp3) is 0.625. The van der Waals surface area contributed by atoms with Crippen LogP contribution in [0.4, 0.5) is 11.4 Å². The lowest BCUT2D eigenvalue weighted by molar-refractivity contribution is 0.411. The minimum absolute atomic E-state index is 0.426. The van der Waals surface area contributed by atoms with Crippen LogP contribution in [-0.4, -0.2) is 25.2 Å². The standard InChI is InChI=1S/C16H25N3/c17-13-3-5-14(6-4-13)18-15-7-9-16(10-8-15)19-11-1-2-12-19/h7-10,13-14,18H,1-6,11-12,17H2. The monoisotopic (exact) mass is 259 g/mol. The van der Waals surface area contributed by atoms with Gasteiger partial charge in [-0.1, -0.05) is 0 Å². The molecule has 0 amide bonds. The highest BCUT2D eigenvalue weighted by atomic mass is 15.1. The van der Waals surface area contributed by atoms with E-state index in [4.69, 9.17) is 5.73 Å². The molecule has 0 aromatic heterocycles. The number of nitrogens with one attached hydrogen (secondary N) is 1. The molecule has 1 aliphatic heterocycles. The van der Waals surface area contributed by atoms with E-state index in [1.165, 1.54) is 50.1 Å². The Hall–Kier alpha value is -1.22. The van der Waals surface area contributed by atoms with Gasteiger partial charge in [-0.3, -0.25) is 0 Å². The van der Waals surface area contributed by atoms with Crippen molar-refractivity contribution < 1.29 is 0 Å². The molecule has 0 spiro atoms. The Balaban J connectivity index is 1.56. The fourth-order valence-corrected chi connectivity index (χ4v) is 3.24. The minimum Gasteiger partial charge on any atom is -0.382 e. The summed E-state index contributed by atoms with van der Waals surface area (Å²) in [6.07, 6.45) is 7.39. The number of nitrogens with zero attached hydrogens (tertiary/aromatic N) is 1. The zero-order chi connectivity index (χ0) is 13.1. The molecule has 2 aliphatic rings. The van der Waals surface area contributed by atoms with Gasteiger partial charge >= 0.3 is 0 Å². The lowest BCUT2D eigenvalue weighted by Crippen LogP contribution is -2.32. The third kappa shape index (κ3) is 3.21. The van der Waals surface area contributed by atoms with Gasteiger partial charge < -0.3 is 16.0 Å². The predicted molar refractivity (Wildman–Crippen MR) is 81.7 cm³/mol. The lowest BCUT2D eigenvalue weighted by Gasteiger charge is -2.28. The normalized spacial score (nSPS) is 27.5. The van der Waals surface area contributed by atoms with Crippen LogP contribution in [0.15, 0.2) is 24.3 Å². The van der Waals surface area contributed by atoms with Crippen molar-refractivity contribution >= 4 is 11.4 Å². The number of hydrogen-bond acceptors (Lipinski definition) is 3. The molecule has 1 heterocycles. The second-order valence-corrected chi connectivity index (χ2v) is 6.00. The molecule has 104 valence electrons. The maximum atomic E-state index is 5.95. The van der Waals surface area contributed by atoms with Gasteiger partial charge in [0, 0.05) is 36.5 Å². The molecule has 0 unspecified atom stereocenters. The van der Waals surface area contributed by atoms with Gasteiger partial charge in [-0.05, 0) is 62.8 Å². The molecular weight excluding hydrogens is 234 g/mol. The van der Waals surface area contributed by atoms with Crippen LogP contribution in [0.5, 0.6) is 0 Å². The molecule has 3 rings (SSSR count). The van der Waals surface area contributed by atoms with Gasteiger partial charge in [0.2, 0.25) is 0 Å². The molecule has 1 saturated heterocycles. The first-order chi connectivity index (χ1) is 9.31. The number of nitrogens with two attached hydrogens (primary N) is 1. The van der Waals surface area contributed by atoms with Crippen molar-refractivity contribution in [3.8, 4) is 0 Å². The highest BCUT2D eigenvalue weighted by Crippen LogP contribution is 2.25. The molecule has 3 N–H and O–H groups in total. The second-order valence-electron chi connectivity index (χ2n) is 6.00. The van der Waals surface area contributed by atoms with Crippen LogP contribution >= 0.6 is 0 Å². The Morgan fingerprint density at radius 1 is 0.947 bits per heavy atom. The molecule has 3 heteroatoms. The van der Waals surface area contributed by atoms with Crippen molar-refractivity contribution in [2.45, 2.75) is 50.6 Å². The maximum absolute atomic E-state index is 5.95. The summed E-state index contributed by atoms with van der Waals surface area (Å²) in [5.74, 6) is 0. The second kappa shape index (κ2) is 5.83. The molecule has 2 fully saturated rings. The van der Waals surface area contributed by atoms with Crippen LogP contribution in [0.25, 0.3) is 0 Å². The zero-order valence-corrected chi connectivity index (χ0v) is 11.6. The van der Waals surface area contributed by atoms with Crippen LogP contribution in [0.3, 0.4) is 0 Å². The number of anilines is 2. The first kappa shape index (κ1) is 12.8.